The maximum absolute atomic E-state index is 14.9. The summed E-state index contributed by atoms with van der Waals surface area (Å²) in [6, 6.07) is 8.40. The molecule has 2 N–H and O–H groups in total. The summed E-state index contributed by atoms with van der Waals surface area (Å²) in [6.07, 6.45) is 0. The van der Waals surface area contributed by atoms with Crippen LogP contribution in [0.25, 0.3) is 16.6 Å². The van der Waals surface area contributed by atoms with Gasteiger partial charge in [0.15, 0.2) is 0 Å². The van der Waals surface area contributed by atoms with Crippen molar-refractivity contribution in [1.82, 2.24) is 14.3 Å². The fourth-order valence-electron chi connectivity index (χ4n) is 3.09. The van der Waals surface area contributed by atoms with Crippen molar-refractivity contribution in [3.8, 4) is 5.69 Å². The lowest BCUT2D eigenvalue weighted by atomic mass is 10.2. The van der Waals surface area contributed by atoms with Gasteiger partial charge >= 0.3 is 6.03 Å². The largest absolute Gasteiger partial charge is 0.333 e. The summed E-state index contributed by atoms with van der Waals surface area (Å²) in [4.78, 5) is 29.2. The van der Waals surface area contributed by atoms with Crippen molar-refractivity contribution in [2.45, 2.75) is 11.1 Å². The van der Waals surface area contributed by atoms with Crippen molar-refractivity contribution in [3.63, 3.8) is 0 Å². The van der Waals surface area contributed by atoms with E-state index in [0.29, 0.717) is 0 Å². The van der Waals surface area contributed by atoms with Crippen molar-refractivity contribution in [2.75, 3.05) is 5.32 Å². The number of hydrogen-bond donors (Lipinski definition) is 2. The monoisotopic (exact) mass is 510 g/mol. The Balaban J connectivity index is 1.62. The molecular weight excluding hydrogens is 498 g/mol. The van der Waals surface area contributed by atoms with Crippen LogP contribution in [0.15, 0.2) is 57.5 Å². The highest BCUT2D eigenvalue weighted by Crippen LogP contribution is 2.25. The third-order valence-corrected chi connectivity index (χ3v) is 7.54. The zero-order valence-corrected chi connectivity index (χ0v) is 19.0. The number of thiophene rings is 1. The number of urea groups is 1. The number of nitrogens with zero attached hydrogens (tertiary/aromatic N) is 2. The van der Waals surface area contributed by atoms with E-state index in [2.05, 4.69) is 10.3 Å². The van der Waals surface area contributed by atoms with Crippen molar-refractivity contribution in [3.05, 3.63) is 80.7 Å². The van der Waals surface area contributed by atoms with Gasteiger partial charge in [0, 0.05) is 5.69 Å². The fraction of sp³-hybridized carbons (Fsp3) is 0.0500. The van der Waals surface area contributed by atoms with Crippen LogP contribution in [0.5, 0.6) is 0 Å². The molecule has 8 nitrogen and oxygen atoms in total. The van der Waals surface area contributed by atoms with Crippen molar-refractivity contribution >= 4 is 55.6 Å². The van der Waals surface area contributed by atoms with Crippen molar-refractivity contribution in [1.29, 1.82) is 0 Å². The van der Waals surface area contributed by atoms with Crippen LogP contribution in [0.1, 0.15) is 5.82 Å². The molecule has 4 rings (SSSR count). The van der Waals surface area contributed by atoms with Gasteiger partial charge < -0.3 is 5.32 Å². The molecule has 2 amide bonds. The number of amides is 2. The summed E-state index contributed by atoms with van der Waals surface area (Å²) in [7, 11) is -4.16. The summed E-state index contributed by atoms with van der Waals surface area (Å²) >= 11 is 6.48. The van der Waals surface area contributed by atoms with Crippen molar-refractivity contribution in [2.24, 2.45) is 0 Å². The van der Waals surface area contributed by atoms with Crippen LogP contribution in [-0.2, 0) is 10.0 Å². The van der Waals surface area contributed by atoms with Gasteiger partial charge in [-0.1, -0.05) is 11.6 Å². The first kappa shape index (κ1) is 22.8. The zero-order chi connectivity index (χ0) is 23.9. The van der Waals surface area contributed by atoms with E-state index < -0.39 is 33.2 Å². The molecule has 0 radical (unpaired) electrons. The second-order valence-electron chi connectivity index (χ2n) is 6.75. The van der Waals surface area contributed by atoms with Crippen LogP contribution >= 0.6 is 22.9 Å². The molecule has 2 heterocycles. The van der Waals surface area contributed by atoms with E-state index in [0.717, 1.165) is 34.1 Å². The van der Waals surface area contributed by atoms with Gasteiger partial charge in [-0.2, -0.15) is 0 Å². The van der Waals surface area contributed by atoms with Crippen molar-refractivity contribution < 1.29 is 22.0 Å². The number of aryl methyl sites for hydroxylation is 1. The first-order valence-electron chi connectivity index (χ1n) is 9.13. The number of rotatable bonds is 4. The number of fused-ring (bicyclic) bond motifs is 1. The smallest absolute Gasteiger partial charge is 0.307 e. The lowest BCUT2D eigenvalue weighted by Crippen LogP contribution is -2.34. The first-order chi connectivity index (χ1) is 15.5. The van der Waals surface area contributed by atoms with Gasteiger partial charge in [0.05, 0.1) is 20.9 Å². The van der Waals surface area contributed by atoms with Crippen LogP contribution in [-0.4, -0.2) is 24.0 Å². The molecule has 4 aromatic rings. The standard InChI is InChI=1S/C20H13ClF2N4O4S2/c1-10-24-15-4-2-11(22)8-13(15)19(28)27(10)16-5-3-12(9-14(16)23)25-20(29)26-33(30,31)18-7-6-17(21)32-18/h2-9H,1H3,(H2,25,26,29). The lowest BCUT2D eigenvalue weighted by molar-refractivity contribution is 0.256. The number of carbonyl (C=O) groups is 1. The highest BCUT2D eigenvalue weighted by molar-refractivity contribution is 7.92. The van der Waals surface area contributed by atoms with E-state index in [4.69, 9.17) is 11.6 Å². The molecule has 2 aromatic carbocycles. The summed E-state index contributed by atoms with van der Waals surface area (Å²) in [6.45, 7) is 1.49. The molecule has 2 aromatic heterocycles. The van der Waals surface area contributed by atoms with Gasteiger partial charge in [-0.25, -0.2) is 31.7 Å². The van der Waals surface area contributed by atoms with Gasteiger partial charge in [-0.05, 0) is 55.5 Å². The van der Waals surface area contributed by atoms with Gasteiger partial charge in [0.25, 0.3) is 15.6 Å². The van der Waals surface area contributed by atoms with Gasteiger partial charge in [0.2, 0.25) is 0 Å². The Bertz CT molecular complexity index is 1580. The van der Waals surface area contributed by atoms with E-state index in [-0.39, 0.29) is 36.6 Å². The molecule has 0 fully saturated rings. The Morgan fingerprint density at radius 1 is 1.12 bits per heavy atom. The predicted molar refractivity (Wildman–Crippen MR) is 121 cm³/mol. The van der Waals surface area contributed by atoms with Crippen LogP contribution < -0.4 is 15.6 Å². The number of nitrogens with one attached hydrogen (secondary N) is 2. The third kappa shape index (κ3) is 4.58. The van der Waals surface area contributed by atoms with Crippen LogP contribution in [0.4, 0.5) is 19.3 Å². The molecular formula is C20H13ClF2N4O4S2. The number of carbonyl (C=O) groups excluding carboxylic acids is 1. The molecule has 0 unspecified atom stereocenters. The topological polar surface area (TPSA) is 110 Å². The second-order valence-corrected chi connectivity index (χ2v) is 10.4. The Labute approximate surface area is 194 Å². The minimum absolute atomic E-state index is 0.0273. The molecule has 0 spiro atoms. The predicted octanol–water partition coefficient (Wildman–Crippen LogP) is 4.20. The van der Waals surface area contributed by atoms with E-state index in [9.17, 15) is 26.8 Å². The fourth-order valence-corrected chi connectivity index (χ4v) is 5.48. The average molecular weight is 511 g/mol. The minimum atomic E-state index is -4.16. The van der Waals surface area contributed by atoms with Crippen LogP contribution in [0.3, 0.4) is 0 Å². The lowest BCUT2D eigenvalue weighted by Gasteiger charge is -2.13. The van der Waals surface area contributed by atoms with Gasteiger partial charge in [-0.3, -0.25) is 9.36 Å². The zero-order valence-electron chi connectivity index (χ0n) is 16.6. The molecule has 0 saturated carbocycles. The highest BCUT2D eigenvalue weighted by atomic mass is 35.5. The summed E-state index contributed by atoms with van der Waals surface area (Å²) in [5, 5.41) is 2.18. The van der Waals surface area contributed by atoms with E-state index in [1.165, 1.54) is 37.3 Å². The molecule has 0 aliphatic heterocycles. The second kappa shape index (κ2) is 8.54. The summed E-state index contributed by atoms with van der Waals surface area (Å²) in [5.74, 6) is -1.37. The Morgan fingerprint density at radius 2 is 1.88 bits per heavy atom. The Morgan fingerprint density at radius 3 is 2.55 bits per heavy atom. The van der Waals surface area contributed by atoms with E-state index >= 15 is 0 Å². The summed E-state index contributed by atoms with van der Waals surface area (Å²) in [5.41, 5.74) is -0.657. The number of anilines is 1. The normalized spacial score (nSPS) is 11.5. The maximum Gasteiger partial charge on any atom is 0.333 e. The minimum Gasteiger partial charge on any atom is -0.307 e. The molecule has 13 heteroatoms. The van der Waals surface area contributed by atoms with Crippen LogP contribution in [0.2, 0.25) is 4.34 Å². The Kier molecular flexibility index (Phi) is 5.91. The highest BCUT2D eigenvalue weighted by Gasteiger charge is 2.20. The third-order valence-electron chi connectivity index (χ3n) is 4.48. The summed E-state index contributed by atoms with van der Waals surface area (Å²) < 4.78 is 55.7. The molecule has 0 aliphatic carbocycles. The number of sulfonamides is 1. The first-order valence-corrected chi connectivity index (χ1v) is 11.8. The Hall–Kier alpha value is -3.35. The molecule has 0 saturated heterocycles. The van der Waals surface area contributed by atoms with E-state index in [1.807, 2.05) is 0 Å². The molecule has 33 heavy (non-hydrogen) atoms. The van der Waals surface area contributed by atoms with Gasteiger partial charge in [0.1, 0.15) is 21.7 Å². The number of aromatic nitrogens is 2. The number of benzene rings is 2. The van der Waals surface area contributed by atoms with Crippen LogP contribution in [0, 0.1) is 18.6 Å². The average Bonchev–Trinajstić information content (AvgIpc) is 3.17. The SMILES string of the molecule is Cc1nc2ccc(F)cc2c(=O)n1-c1ccc(NC(=O)NS(=O)(=O)c2ccc(Cl)s2)cc1F. The van der Waals surface area contributed by atoms with Gasteiger partial charge in [-0.15, -0.1) is 11.3 Å². The quantitative estimate of drug-likeness (QED) is 0.427. The molecule has 0 aliphatic rings. The van der Waals surface area contributed by atoms with E-state index in [1.54, 1.807) is 4.72 Å². The number of halogens is 3. The maximum atomic E-state index is 14.9. The molecule has 0 bridgehead atoms. The molecule has 170 valence electrons. The number of hydrogen-bond acceptors (Lipinski definition) is 6. The molecule has 0 atom stereocenters.